The van der Waals surface area contributed by atoms with E-state index < -0.39 is 0 Å². The average molecular weight is 268 g/mol. The Kier molecular flexibility index (Phi) is 4.80. The van der Waals surface area contributed by atoms with Crippen molar-refractivity contribution in [1.29, 1.82) is 0 Å². The van der Waals surface area contributed by atoms with Crippen LogP contribution in [0.2, 0.25) is 0 Å². The second kappa shape index (κ2) is 6.37. The Bertz CT molecular complexity index is 342. The third kappa shape index (κ3) is 3.26. The fourth-order valence-corrected chi connectivity index (χ4v) is 2.74. The van der Waals surface area contributed by atoms with E-state index in [9.17, 15) is 9.59 Å². The van der Waals surface area contributed by atoms with Gasteiger partial charge in [-0.1, -0.05) is 13.3 Å². The summed E-state index contributed by atoms with van der Waals surface area (Å²) in [5.41, 5.74) is 0. The average Bonchev–Trinajstić information content (AvgIpc) is 3.21. The molecule has 1 saturated heterocycles. The second-order valence-corrected chi connectivity index (χ2v) is 5.51. The summed E-state index contributed by atoms with van der Waals surface area (Å²) in [4.78, 5) is 26.5. The van der Waals surface area contributed by atoms with Crippen LogP contribution in [0.4, 0.5) is 0 Å². The molecule has 2 aliphatic rings. The van der Waals surface area contributed by atoms with Gasteiger partial charge in [-0.25, -0.2) is 0 Å². The van der Waals surface area contributed by atoms with Crippen molar-refractivity contribution in [3.8, 4) is 0 Å². The van der Waals surface area contributed by atoms with Gasteiger partial charge in [0.1, 0.15) is 12.1 Å². The molecule has 1 N–H and O–H groups in total. The van der Waals surface area contributed by atoms with Gasteiger partial charge in [0.2, 0.25) is 11.8 Å². The number of rotatable bonds is 7. The molecule has 0 radical (unpaired) electrons. The molecular formula is C14H24N2O3. The van der Waals surface area contributed by atoms with E-state index in [4.69, 9.17) is 4.74 Å². The van der Waals surface area contributed by atoms with E-state index in [1.165, 1.54) is 0 Å². The van der Waals surface area contributed by atoms with Crippen LogP contribution in [0.1, 0.15) is 39.0 Å². The first-order valence-corrected chi connectivity index (χ1v) is 7.28. The van der Waals surface area contributed by atoms with Gasteiger partial charge in [-0.2, -0.15) is 0 Å². The van der Waals surface area contributed by atoms with Crippen molar-refractivity contribution in [3.05, 3.63) is 0 Å². The zero-order valence-corrected chi connectivity index (χ0v) is 11.9. The highest BCUT2D eigenvalue weighted by atomic mass is 16.5. The number of amides is 2. The van der Waals surface area contributed by atoms with Gasteiger partial charge in [-0.05, 0) is 31.6 Å². The Morgan fingerprint density at radius 3 is 2.68 bits per heavy atom. The maximum absolute atomic E-state index is 12.5. The lowest BCUT2D eigenvalue weighted by Crippen LogP contribution is -2.64. The van der Waals surface area contributed by atoms with Crippen LogP contribution in [0, 0.1) is 5.92 Å². The number of nitrogens with zero attached hydrogens (tertiary/aromatic N) is 1. The zero-order chi connectivity index (χ0) is 13.8. The summed E-state index contributed by atoms with van der Waals surface area (Å²) in [5.74, 6) is 0.497. The molecule has 5 heteroatoms. The molecule has 1 aliphatic carbocycles. The minimum atomic E-state index is -0.288. The van der Waals surface area contributed by atoms with Crippen LogP contribution in [-0.4, -0.2) is 49.1 Å². The Balaban J connectivity index is 2.04. The van der Waals surface area contributed by atoms with Crippen LogP contribution in [-0.2, 0) is 14.3 Å². The smallest absolute Gasteiger partial charge is 0.246 e. The lowest BCUT2D eigenvalue weighted by atomic mass is 10.0. The quantitative estimate of drug-likeness (QED) is 0.699. The molecule has 1 saturated carbocycles. The number of carbonyl (C=O) groups excluding carboxylic acids is 2. The van der Waals surface area contributed by atoms with Gasteiger partial charge in [-0.3, -0.25) is 9.59 Å². The van der Waals surface area contributed by atoms with E-state index >= 15 is 0 Å². The summed E-state index contributed by atoms with van der Waals surface area (Å²) in [6, 6.07) is -0.562. The van der Waals surface area contributed by atoms with Gasteiger partial charge in [0.15, 0.2) is 0 Å². The molecule has 0 spiro atoms. The summed E-state index contributed by atoms with van der Waals surface area (Å²) < 4.78 is 5.04. The molecule has 1 heterocycles. The third-order valence-electron chi connectivity index (χ3n) is 3.93. The van der Waals surface area contributed by atoms with E-state index in [0.717, 1.165) is 32.1 Å². The normalized spacial score (nSPS) is 27.6. The molecule has 1 aliphatic heterocycles. The van der Waals surface area contributed by atoms with Crippen molar-refractivity contribution in [1.82, 2.24) is 10.2 Å². The number of carbonyl (C=O) groups is 2. The first kappa shape index (κ1) is 14.3. The molecule has 19 heavy (non-hydrogen) atoms. The summed E-state index contributed by atoms with van der Waals surface area (Å²) >= 11 is 0. The molecule has 0 aromatic carbocycles. The molecular weight excluding hydrogens is 244 g/mol. The molecule has 5 nitrogen and oxygen atoms in total. The van der Waals surface area contributed by atoms with Gasteiger partial charge < -0.3 is 15.0 Å². The van der Waals surface area contributed by atoms with Crippen LogP contribution >= 0.6 is 0 Å². The molecule has 2 rings (SSSR count). The standard InChI is InChI=1S/C14H24N2O3/c1-3-5-11-13(17)15-12(10-6-7-10)14(18)16(11)8-4-9-19-2/h10-12H,3-9H2,1-2H3,(H,15,17). The molecule has 108 valence electrons. The van der Waals surface area contributed by atoms with Crippen molar-refractivity contribution in [2.24, 2.45) is 5.92 Å². The monoisotopic (exact) mass is 268 g/mol. The highest BCUT2D eigenvalue weighted by molar-refractivity contribution is 5.97. The second-order valence-electron chi connectivity index (χ2n) is 5.51. The van der Waals surface area contributed by atoms with Crippen LogP contribution in [0.5, 0.6) is 0 Å². The van der Waals surface area contributed by atoms with Crippen molar-refractivity contribution >= 4 is 11.8 Å². The molecule has 0 aromatic rings. The van der Waals surface area contributed by atoms with E-state index in [0.29, 0.717) is 19.1 Å². The lowest BCUT2D eigenvalue weighted by Gasteiger charge is -2.39. The summed E-state index contributed by atoms with van der Waals surface area (Å²) in [6.45, 7) is 3.28. The Morgan fingerprint density at radius 1 is 1.37 bits per heavy atom. The van der Waals surface area contributed by atoms with E-state index in [-0.39, 0.29) is 23.9 Å². The predicted octanol–water partition coefficient (Wildman–Crippen LogP) is 0.929. The Morgan fingerprint density at radius 2 is 2.11 bits per heavy atom. The molecule has 0 bridgehead atoms. The van der Waals surface area contributed by atoms with Crippen molar-refractivity contribution < 1.29 is 14.3 Å². The van der Waals surface area contributed by atoms with Crippen LogP contribution in [0.25, 0.3) is 0 Å². The maximum Gasteiger partial charge on any atom is 0.246 e. The number of methoxy groups -OCH3 is 1. The first-order valence-electron chi connectivity index (χ1n) is 7.28. The minimum absolute atomic E-state index is 0.0239. The molecule has 2 amide bonds. The van der Waals surface area contributed by atoms with Crippen molar-refractivity contribution in [2.75, 3.05) is 20.3 Å². The minimum Gasteiger partial charge on any atom is -0.385 e. The van der Waals surface area contributed by atoms with Gasteiger partial charge in [0, 0.05) is 20.3 Å². The molecule has 2 fully saturated rings. The summed E-state index contributed by atoms with van der Waals surface area (Å²) in [5, 5.41) is 2.92. The number of hydrogen-bond donors (Lipinski definition) is 1. The summed E-state index contributed by atoms with van der Waals surface area (Å²) in [7, 11) is 1.65. The molecule has 2 atom stereocenters. The van der Waals surface area contributed by atoms with Crippen LogP contribution in [0.15, 0.2) is 0 Å². The maximum atomic E-state index is 12.5. The van der Waals surface area contributed by atoms with Gasteiger partial charge in [0.05, 0.1) is 0 Å². The van der Waals surface area contributed by atoms with Crippen molar-refractivity contribution in [2.45, 2.75) is 51.1 Å². The van der Waals surface area contributed by atoms with Gasteiger partial charge in [0.25, 0.3) is 0 Å². The number of piperazine rings is 1. The van der Waals surface area contributed by atoms with E-state index in [2.05, 4.69) is 5.32 Å². The van der Waals surface area contributed by atoms with Gasteiger partial charge >= 0.3 is 0 Å². The van der Waals surface area contributed by atoms with E-state index in [1.54, 1.807) is 12.0 Å². The highest BCUT2D eigenvalue weighted by Gasteiger charge is 2.46. The highest BCUT2D eigenvalue weighted by Crippen LogP contribution is 2.35. The van der Waals surface area contributed by atoms with Crippen LogP contribution in [0.3, 0.4) is 0 Å². The fraction of sp³-hybridized carbons (Fsp3) is 0.857. The zero-order valence-electron chi connectivity index (χ0n) is 11.9. The topological polar surface area (TPSA) is 58.6 Å². The Labute approximate surface area is 114 Å². The predicted molar refractivity (Wildman–Crippen MR) is 71.6 cm³/mol. The largest absolute Gasteiger partial charge is 0.385 e. The lowest BCUT2D eigenvalue weighted by molar-refractivity contribution is -0.150. The van der Waals surface area contributed by atoms with E-state index in [1.807, 2.05) is 6.92 Å². The third-order valence-corrected chi connectivity index (χ3v) is 3.93. The first-order chi connectivity index (χ1) is 9.19. The number of ether oxygens (including phenoxy) is 1. The number of nitrogens with one attached hydrogen (secondary N) is 1. The SMILES string of the molecule is CCCC1C(=O)NC(C2CC2)C(=O)N1CCCOC. The van der Waals surface area contributed by atoms with Crippen molar-refractivity contribution in [3.63, 3.8) is 0 Å². The Hall–Kier alpha value is -1.10. The summed E-state index contributed by atoms with van der Waals surface area (Å²) in [6.07, 6.45) is 4.54. The van der Waals surface area contributed by atoms with Gasteiger partial charge in [-0.15, -0.1) is 0 Å². The van der Waals surface area contributed by atoms with Crippen LogP contribution < -0.4 is 5.32 Å². The number of hydrogen-bond acceptors (Lipinski definition) is 3. The molecule has 2 unspecified atom stereocenters. The fourth-order valence-electron chi connectivity index (χ4n) is 2.74. The molecule has 0 aromatic heterocycles.